The van der Waals surface area contributed by atoms with Crippen LogP contribution >= 0.6 is 23.1 Å². The molecule has 326 valence electrons. The van der Waals surface area contributed by atoms with Gasteiger partial charge in [-0.15, -0.1) is 0 Å². The molecule has 4 heterocycles. The standard InChI is InChI=1S/C44H44ClF3N6O7S/c1-27-32(11-12-34(39(27)45)58-22-20-54-18-16-53(2)17-19-54)37-38-36(25-50-40(37)29-8-6-9-31(23-29)57-3)62-52-41(38)61-35(42(55)56)24-28-7-4-5-10-33(28)60-26-30-13-15-49-43(51-30)59-21-14-44(46,47)48/h4-13,15,23,25,35H,14,16-22,24,26H2,1-3H3,(H,55,56)/t35-/m1/s1. The molecule has 0 spiro atoms. The molecule has 0 unspecified atom stereocenters. The fraction of sp³-hybridized carbons (Fsp3) is 0.341. The van der Waals surface area contributed by atoms with E-state index in [0.717, 1.165) is 60.9 Å². The molecule has 7 rings (SSSR count). The van der Waals surface area contributed by atoms with Crippen LogP contribution in [-0.2, 0) is 17.8 Å². The van der Waals surface area contributed by atoms with Gasteiger partial charge in [-0.25, -0.2) is 9.78 Å². The van der Waals surface area contributed by atoms with Crippen LogP contribution in [0.3, 0.4) is 0 Å². The Labute approximate surface area is 365 Å². The normalized spacial score (nSPS) is 14.1. The lowest BCUT2D eigenvalue weighted by molar-refractivity contribution is -0.145. The molecule has 0 radical (unpaired) electrons. The van der Waals surface area contributed by atoms with Gasteiger partial charge in [-0.1, -0.05) is 48.0 Å². The number of aliphatic carboxylic acids is 1. The molecule has 1 atom stereocenters. The second kappa shape index (κ2) is 20.0. The molecule has 1 aliphatic rings. The number of benzene rings is 3. The molecular formula is C44H44ClF3N6O7S. The molecule has 0 saturated carbocycles. The van der Waals surface area contributed by atoms with E-state index in [-0.39, 0.29) is 24.9 Å². The number of hydrogen-bond donors (Lipinski definition) is 1. The second-order valence-corrected chi connectivity index (χ2v) is 15.8. The Balaban J connectivity index is 1.17. The first-order chi connectivity index (χ1) is 29.9. The first kappa shape index (κ1) is 44.3. The van der Waals surface area contributed by atoms with Crippen molar-refractivity contribution in [2.24, 2.45) is 0 Å². The smallest absolute Gasteiger partial charge is 0.392 e. The molecule has 0 aliphatic carbocycles. The van der Waals surface area contributed by atoms with Gasteiger partial charge in [-0.2, -0.15) is 22.5 Å². The molecule has 1 saturated heterocycles. The van der Waals surface area contributed by atoms with E-state index in [1.54, 1.807) is 37.6 Å². The number of fused-ring (bicyclic) bond motifs is 1. The molecule has 3 aromatic carbocycles. The Morgan fingerprint density at radius 3 is 2.55 bits per heavy atom. The number of aromatic nitrogens is 4. The maximum Gasteiger partial charge on any atom is 0.392 e. The van der Waals surface area contributed by atoms with Gasteiger partial charge in [0.2, 0.25) is 12.0 Å². The molecule has 0 amide bonds. The van der Waals surface area contributed by atoms with Crippen molar-refractivity contribution in [2.75, 3.05) is 60.1 Å². The summed E-state index contributed by atoms with van der Waals surface area (Å²) in [6.07, 6.45) is -4.03. The van der Waals surface area contributed by atoms with Gasteiger partial charge in [-0.3, -0.25) is 9.88 Å². The Morgan fingerprint density at radius 1 is 0.968 bits per heavy atom. The minimum absolute atomic E-state index is 0.0967. The lowest BCUT2D eigenvalue weighted by Gasteiger charge is -2.32. The van der Waals surface area contributed by atoms with Crippen molar-refractivity contribution in [3.05, 3.63) is 101 Å². The van der Waals surface area contributed by atoms with Crippen molar-refractivity contribution >= 4 is 39.2 Å². The number of methoxy groups -OCH3 is 1. The Bertz CT molecular complexity index is 2500. The number of halogens is 4. The van der Waals surface area contributed by atoms with Gasteiger partial charge in [0, 0.05) is 62.7 Å². The fourth-order valence-electron chi connectivity index (χ4n) is 6.91. The van der Waals surface area contributed by atoms with Crippen molar-refractivity contribution in [3.63, 3.8) is 0 Å². The zero-order valence-electron chi connectivity index (χ0n) is 34.2. The van der Waals surface area contributed by atoms with Crippen LogP contribution in [0.5, 0.6) is 29.1 Å². The van der Waals surface area contributed by atoms with Gasteiger partial charge in [0.25, 0.3) is 0 Å². The third-order valence-electron chi connectivity index (χ3n) is 10.3. The number of pyridine rings is 1. The summed E-state index contributed by atoms with van der Waals surface area (Å²) in [7, 11) is 3.70. The summed E-state index contributed by atoms with van der Waals surface area (Å²) in [5.74, 6) is 0.379. The summed E-state index contributed by atoms with van der Waals surface area (Å²) >= 11 is 8.19. The minimum atomic E-state index is -4.38. The number of rotatable bonds is 18. The predicted octanol–water partition coefficient (Wildman–Crippen LogP) is 8.40. The summed E-state index contributed by atoms with van der Waals surface area (Å²) in [6, 6.07) is 19.4. The molecule has 6 aromatic rings. The van der Waals surface area contributed by atoms with E-state index in [4.69, 9.17) is 40.3 Å². The van der Waals surface area contributed by atoms with Crippen molar-refractivity contribution in [1.29, 1.82) is 0 Å². The average Bonchev–Trinajstić information content (AvgIpc) is 3.67. The van der Waals surface area contributed by atoms with E-state index in [1.807, 2.05) is 43.3 Å². The Hall–Kier alpha value is -5.75. The largest absolute Gasteiger partial charge is 0.497 e. The monoisotopic (exact) mass is 892 g/mol. The number of alkyl halides is 3. The van der Waals surface area contributed by atoms with Gasteiger partial charge in [0.15, 0.2) is 0 Å². The van der Waals surface area contributed by atoms with Crippen molar-refractivity contribution in [3.8, 4) is 51.5 Å². The number of piperazine rings is 1. The van der Waals surface area contributed by atoms with Crippen molar-refractivity contribution in [2.45, 2.75) is 38.7 Å². The third kappa shape index (κ3) is 11.0. The number of carboxylic acids is 1. The molecule has 1 N–H and O–H groups in total. The van der Waals surface area contributed by atoms with E-state index in [0.29, 0.717) is 61.5 Å². The lowest BCUT2D eigenvalue weighted by Crippen LogP contribution is -2.45. The van der Waals surface area contributed by atoms with Gasteiger partial charge < -0.3 is 33.7 Å². The van der Waals surface area contributed by atoms with Crippen LogP contribution in [0.15, 0.2) is 79.1 Å². The van der Waals surface area contributed by atoms with Gasteiger partial charge in [0.1, 0.15) is 37.1 Å². The molecule has 0 bridgehead atoms. The third-order valence-corrected chi connectivity index (χ3v) is 11.5. The van der Waals surface area contributed by atoms with Gasteiger partial charge in [-0.05, 0) is 72.5 Å². The Kier molecular flexibility index (Phi) is 14.3. The highest BCUT2D eigenvalue weighted by atomic mass is 35.5. The molecule has 18 heteroatoms. The van der Waals surface area contributed by atoms with Crippen molar-refractivity contribution in [1.82, 2.24) is 29.1 Å². The highest BCUT2D eigenvalue weighted by Crippen LogP contribution is 2.46. The van der Waals surface area contributed by atoms with Crippen LogP contribution in [0.4, 0.5) is 13.2 Å². The summed E-state index contributed by atoms with van der Waals surface area (Å²) in [6.45, 7) is 6.37. The van der Waals surface area contributed by atoms with E-state index in [9.17, 15) is 23.1 Å². The van der Waals surface area contributed by atoms with E-state index in [2.05, 4.69) is 31.2 Å². The number of ether oxygens (including phenoxy) is 5. The topological polar surface area (TPSA) is 141 Å². The van der Waals surface area contributed by atoms with E-state index < -0.39 is 31.3 Å². The van der Waals surface area contributed by atoms with Crippen LogP contribution in [0.25, 0.3) is 32.5 Å². The lowest BCUT2D eigenvalue weighted by atomic mass is 9.93. The summed E-state index contributed by atoms with van der Waals surface area (Å²) in [4.78, 5) is 30.5. The van der Waals surface area contributed by atoms with E-state index >= 15 is 0 Å². The average molecular weight is 893 g/mol. The zero-order chi connectivity index (χ0) is 43.8. The van der Waals surface area contributed by atoms with Crippen LogP contribution in [0.1, 0.15) is 23.2 Å². The number of hydrogen-bond acceptors (Lipinski definition) is 13. The summed E-state index contributed by atoms with van der Waals surface area (Å²) < 4.78 is 72.3. The highest BCUT2D eigenvalue weighted by Gasteiger charge is 2.29. The zero-order valence-corrected chi connectivity index (χ0v) is 35.7. The number of carbonyl (C=O) groups is 1. The molecule has 13 nitrogen and oxygen atoms in total. The first-order valence-corrected chi connectivity index (χ1v) is 20.9. The first-order valence-electron chi connectivity index (χ1n) is 19.7. The van der Waals surface area contributed by atoms with Crippen LogP contribution in [-0.4, -0.2) is 113 Å². The molecule has 3 aromatic heterocycles. The maximum absolute atomic E-state index is 12.9. The summed E-state index contributed by atoms with van der Waals surface area (Å²) in [5.41, 5.74) is 4.27. The highest BCUT2D eigenvalue weighted by molar-refractivity contribution is 7.13. The van der Waals surface area contributed by atoms with Gasteiger partial charge in [0.05, 0.1) is 40.0 Å². The number of nitrogens with zero attached hydrogens (tertiary/aromatic N) is 6. The second-order valence-electron chi connectivity index (χ2n) is 14.6. The van der Waals surface area contributed by atoms with Gasteiger partial charge >= 0.3 is 18.2 Å². The van der Waals surface area contributed by atoms with Crippen molar-refractivity contribution < 1.29 is 46.8 Å². The maximum atomic E-state index is 12.9. The van der Waals surface area contributed by atoms with Crippen LogP contribution in [0, 0.1) is 6.92 Å². The molecule has 62 heavy (non-hydrogen) atoms. The number of carboxylic acid groups (broad SMARTS) is 1. The van der Waals surface area contributed by atoms with E-state index in [1.165, 1.54) is 12.3 Å². The quantitative estimate of drug-likeness (QED) is 0.0884. The predicted molar refractivity (Wildman–Crippen MR) is 229 cm³/mol. The minimum Gasteiger partial charge on any atom is -0.497 e. The summed E-state index contributed by atoms with van der Waals surface area (Å²) in [5, 5.41) is 11.5. The van der Waals surface area contributed by atoms with Crippen LogP contribution < -0.4 is 23.7 Å². The SMILES string of the molecule is COc1cccc(-c2ncc3snc(O[C@H](Cc4ccccc4OCc4ccnc(OCCC(F)(F)F)n4)C(=O)O)c3c2-c2ccc(OCCN3CCN(C)CC3)c(Cl)c2C)c1. The molecular weight excluding hydrogens is 849 g/mol. The molecule has 1 fully saturated rings. The number of likely N-dealkylation sites (N-methyl/N-ethyl adjacent to an activating group) is 1. The fourth-order valence-corrected chi connectivity index (χ4v) is 7.82. The Morgan fingerprint density at radius 2 is 1.77 bits per heavy atom. The molecule has 1 aliphatic heterocycles. The van der Waals surface area contributed by atoms with Crippen LogP contribution in [0.2, 0.25) is 5.02 Å². The number of para-hydroxylation sites is 1.